The van der Waals surface area contributed by atoms with Crippen LogP contribution in [0.4, 0.5) is 0 Å². The summed E-state index contributed by atoms with van der Waals surface area (Å²) in [6.45, 7) is 3.08. The van der Waals surface area contributed by atoms with Crippen LogP contribution >= 0.6 is 0 Å². The Morgan fingerprint density at radius 3 is 3.22 bits per heavy atom. The molecular formula is C14H17N3O. The van der Waals surface area contributed by atoms with Gasteiger partial charge in [0, 0.05) is 25.6 Å². The molecule has 1 fully saturated rings. The Bertz CT molecular complexity index is 589. The number of rotatable bonds is 2. The third-order valence-electron chi connectivity index (χ3n) is 3.86. The molecule has 0 amide bonds. The van der Waals surface area contributed by atoms with Crippen molar-refractivity contribution in [1.29, 1.82) is 0 Å². The first-order valence-electron chi connectivity index (χ1n) is 6.43. The first-order chi connectivity index (χ1) is 8.66. The van der Waals surface area contributed by atoms with Crippen molar-refractivity contribution < 1.29 is 4.79 Å². The van der Waals surface area contributed by atoms with E-state index in [1.807, 2.05) is 18.5 Å². The van der Waals surface area contributed by atoms with E-state index >= 15 is 0 Å². The molecule has 0 aromatic carbocycles. The van der Waals surface area contributed by atoms with E-state index in [2.05, 4.69) is 21.5 Å². The van der Waals surface area contributed by atoms with Crippen molar-refractivity contribution in [1.82, 2.24) is 14.5 Å². The van der Waals surface area contributed by atoms with E-state index in [0.717, 1.165) is 36.8 Å². The van der Waals surface area contributed by atoms with Gasteiger partial charge in [-0.05, 0) is 24.3 Å². The summed E-state index contributed by atoms with van der Waals surface area (Å²) in [5, 5.41) is 0. The summed E-state index contributed by atoms with van der Waals surface area (Å²) >= 11 is 0. The minimum absolute atomic E-state index is 0.0805. The van der Waals surface area contributed by atoms with Crippen LogP contribution in [0.15, 0.2) is 24.8 Å². The number of hydrogen-bond acceptors (Lipinski definition) is 3. The standard InChI is InChI=1S/C14H17N3O/c1-14(5-2-3-11(18)7-14)9-17-6-4-12-13(17)8-15-10-16-12/h4,6,8,10H,2-3,5,7,9H2,1H3/t14-/m0/s1. The molecule has 0 N–H and O–H groups in total. The Kier molecular flexibility index (Phi) is 2.65. The van der Waals surface area contributed by atoms with Gasteiger partial charge in [-0.2, -0.15) is 0 Å². The first-order valence-corrected chi connectivity index (χ1v) is 6.43. The van der Waals surface area contributed by atoms with Crippen molar-refractivity contribution in [2.45, 2.75) is 39.2 Å². The average molecular weight is 243 g/mol. The molecule has 1 atom stereocenters. The van der Waals surface area contributed by atoms with Crippen LogP contribution in [-0.2, 0) is 11.3 Å². The second-order valence-electron chi connectivity index (χ2n) is 5.62. The smallest absolute Gasteiger partial charge is 0.133 e. The zero-order chi connectivity index (χ0) is 12.6. The molecule has 2 aromatic rings. The monoisotopic (exact) mass is 243 g/mol. The molecule has 1 aliphatic rings. The minimum atomic E-state index is 0.0805. The van der Waals surface area contributed by atoms with Crippen molar-refractivity contribution in [3.63, 3.8) is 0 Å². The SMILES string of the molecule is C[C@]1(Cn2ccc3ncncc32)CCCC(=O)C1. The van der Waals surface area contributed by atoms with Crippen LogP contribution in [0.25, 0.3) is 11.0 Å². The van der Waals surface area contributed by atoms with E-state index in [0.29, 0.717) is 12.2 Å². The number of ketones is 1. The number of carbonyl (C=O) groups is 1. The number of carbonyl (C=O) groups excluding carboxylic acids is 1. The van der Waals surface area contributed by atoms with Crippen LogP contribution < -0.4 is 0 Å². The lowest BCUT2D eigenvalue weighted by Gasteiger charge is -2.33. The number of hydrogen-bond donors (Lipinski definition) is 0. The molecule has 94 valence electrons. The van der Waals surface area contributed by atoms with Gasteiger partial charge < -0.3 is 4.57 Å². The van der Waals surface area contributed by atoms with Gasteiger partial charge in [0.1, 0.15) is 12.1 Å². The normalized spacial score (nSPS) is 24.6. The maximum atomic E-state index is 11.6. The topological polar surface area (TPSA) is 47.8 Å². The molecule has 2 heterocycles. The molecule has 2 aromatic heterocycles. The predicted octanol–water partition coefficient (Wildman–Crippen LogP) is 2.58. The third-order valence-corrected chi connectivity index (χ3v) is 3.86. The lowest BCUT2D eigenvalue weighted by atomic mass is 9.75. The highest BCUT2D eigenvalue weighted by Crippen LogP contribution is 2.36. The molecule has 0 radical (unpaired) electrons. The molecule has 4 heteroatoms. The molecule has 18 heavy (non-hydrogen) atoms. The summed E-state index contributed by atoms with van der Waals surface area (Å²) in [5.41, 5.74) is 2.10. The van der Waals surface area contributed by atoms with Gasteiger partial charge in [-0.25, -0.2) is 9.97 Å². The third kappa shape index (κ3) is 2.03. The van der Waals surface area contributed by atoms with Crippen LogP contribution in [0.5, 0.6) is 0 Å². The van der Waals surface area contributed by atoms with Gasteiger partial charge >= 0.3 is 0 Å². The summed E-state index contributed by atoms with van der Waals surface area (Å²) in [4.78, 5) is 19.9. The Morgan fingerprint density at radius 1 is 1.50 bits per heavy atom. The van der Waals surface area contributed by atoms with E-state index in [1.165, 1.54) is 0 Å². The zero-order valence-corrected chi connectivity index (χ0v) is 10.6. The van der Waals surface area contributed by atoms with Crippen molar-refractivity contribution in [3.05, 3.63) is 24.8 Å². The van der Waals surface area contributed by atoms with Crippen LogP contribution in [0.1, 0.15) is 32.6 Å². The fourth-order valence-electron chi connectivity index (χ4n) is 2.97. The average Bonchev–Trinajstić information content (AvgIpc) is 2.72. The van der Waals surface area contributed by atoms with Gasteiger partial charge in [-0.1, -0.05) is 6.92 Å². The summed E-state index contributed by atoms with van der Waals surface area (Å²) in [6.07, 6.45) is 9.04. The molecule has 1 saturated carbocycles. The van der Waals surface area contributed by atoms with Crippen LogP contribution in [0.2, 0.25) is 0 Å². The zero-order valence-electron chi connectivity index (χ0n) is 10.6. The van der Waals surface area contributed by atoms with Crippen LogP contribution in [0.3, 0.4) is 0 Å². The Balaban J connectivity index is 1.89. The lowest BCUT2D eigenvalue weighted by Crippen LogP contribution is -2.30. The minimum Gasteiger partial charge on any atom is -0.344 e. The highest BCUT2D eigenvalue weighted by atomic mass is 16.1. The van der Waals surface area contributed by atoms with Crippen molar-refractivity contribution >= 4 is 16.8 Å². The van der Waals surface area contributed by atoms with E-state index in [-0.39, 0.29) is 5.41 Å². The molecule has 0 aliphatic heterocycles. The van der Waals surface area contributed by atoms with E-state index in [4.69, 9.17) is 0 Å². The second-order valence-corrected chi connectivity index (χ2v) is 5.62. The van der Waals surface area contributed by atoms with E-state index in [1.54, 1.807) is 6.33 Å². The number of nitrogens with zero attached hydrogens (tertiary/aromatic N) is 3. The summed E-state index contributed by atoms with van der Waals surface area (Å²) in [6, 6.07) is 2.00. The van der Waals surface area contributed by atoms with Gasteiger partial charge in [-0.3, -0.25) is 4.79 Å². The largest absolute Gasteiger partial charge is 0.344 e. The van der Waals surface area contributed by atoms with Crippen molar-refractivity contribution in [3.8, 4) is 0 Å². The van der Waals surface area contributed by atoms with Crippen molar-refractivity contribution in [2.75, 3.05) is 0 Å². The maximum Gasteiger partial charge on any atom is 0.133 e. The highest BCUT2D eigenvalue weighted by molar-refractivity contribution is 5.80. The Morgan fingerprint density at radius 2 is 2.39 bits per heavy atom. The Labute approximate surface area is 106 Å². The van der Waals surface area contributed by atoms with Crippen LogP contribution in [0, 0.1) is 5.41 Å². The maximum absolute atomic E-state index is 11.6. The molecule has 3 rings (SSSR count). The van der Waals surface area contributed by atoms with E-state index < -0.39 is 0 Å². The second kappa shape index (κ2) is 4.19. The molecule has 4 nitrogen and oxygen atoms in total. The fourth-order valence-corrected chi connectivity index (χ4v) is 2.97. The number of fused-ring (bicyclic) bond motifs is 1. The molecular weight excluding hydrogens is 226 g/mol. The van der Waals surface area contributed by atoms with Gasteiger partial charge in [0.2, 0.25) is 0 Å². The van der Waals surface area contributed by atoms with Crippen LogP contribution in [-0.4, -0.2) is 20.3 Å². The van der Waals surface area contributed by atoms with Gasteiger partial charge in [0.15, 0.2) is 0 Å². The van der Waals surface area contributed by atoms with Gasteiger partial charge in [0.05, 0.1) is 17.2 Å². The van der Waals surface area contributed by atoms with Gasteiger partial charge in [0.25, 0.3) is 0 Å². The van der Waals surface area contributed by atoms with Gasteiger partial charge in [-0.15, -0.1) is 0 Å². The molecule has 0 spiro atoms. The summed E-state index contributed by atoms with van der Waals surface area (Å²) < 4.78 is 2.17. The molecule has 1 aliphatic carbocycles. The number of aromatic nitrogens is 3. The predicted molar refractivity (Wildman–Crippen MR) is 69.1 cm³/mol. The quantitative estimate of drug-likeness (QED) is 0.814. The molecule has 0 bridgehead atoms. The summed E-state index contributed by atoms with van der Waals surface area (Å²) in [5.74, 6) is 0.400. The molecule has 0 unspecified atom stereocenters. The summed E-state index contributed by atoms with van der Waals surface area (Å²) in [7, 11) is 0. The highest BCUT2D eigenvalue weighted by Gasteiger charge is 2.31. The van der Waals surface area contributed by atoms with Crippen molar-refractivity contribution in [2.24, 2.45) is 5.41 Å². The fraction of sp³-hybridized carbons (Fsp3) is 0.500. The lowest BCUT2D eigenvalue weighted by molar-refractivity contribution is -0.123. The first kappa shape index (κ1) is 11.4. The number of Topliss-reactive ketones (excluding diaryl/α,β-unsaturated/α-hetero) is 1. The Hall–Kier alpha value is -1.71. The van der Waals surface area contributed by atoms with E-state index in [9.17, 15) is 4.79 Å². The molecule has 0 saturated heterocycles.